The lowest BCUT2D eigenvalue weighted by Crippen LogP contribution is -2.30. The van der Waals surface area contributed by atoms with Crippen LogP contribution in [0.1, 0.15) is 28.0 Å². The van der Waals surface area contributed by atoms with E-state index in [1.54, 1.807) is 50.2 Å². The van der Waals surface area contributed by atoms with E-state index in [0.29, 0.717) is 32.7 Å². The van der Waals surface area contributed by atoms with Crippen molar-refractivity contribution in [2.45, 2.75) is 26.6 Å². The van der Waals surface area contributed by atoms with Crippen LogP contribution in [0.2, 0.25) is 0 Å². The first kappa shape index (κ1) is 22.2. The van der Waals surface area contributed by atoms with Gasteiger partial charge in [-0.3, -0.25) is 9.59 Å². The number of nitrogens with one attached hydrogen (secondary N) is 1. The Morgan fingerprint density at radius 1 is 1.12 bits per heavy atom. The summed E-state index contributed by atoms with van der Waals surface area (Å²) in [6, 6.07) is 16.6. The number of ether oxygens (including phenoxy) is 2. The van der Waals surface area contributed by atoms with E-state index < -0.39 is 12.1 Å². The van der Waals surface area contributed by atoms with Gasteiger partial charge < -0.3 is 14.8 Å². The summed E-state index contributed by atoms with van der Waals surface area (Å²) < 4.78 is 12.1. The molecule has 1 atom stereocenters. The number of aromatic nitrogens is 3. The van der Waals surface area contributed by atoms with E-state index in [1.807, 2.05) is 18.2 Å². The Morgan fingerprint density at radius 3 is 2.58 bits per heavy atom. The molecule has 1 amide bonds. The highest BCUT2D eigenvalue weighted by Crippen LogP contribution is 2.15. The Labute approximate surface area is 192 Å². The molecule has 2 heterocycles. The van der Waals surface area contributed by atoms with Crippen molar-refractivity contribution in [2.75, 3.05) is 5.32 Å². The lowest BCUT2D eigenvalue weighted by atomic mass is 10.2. The molecule has 1 N–H and O–H groups in total. The van der Waals surface area contributed by atoms with Crippen LogP contribution in [0.5, 0.6) is 5.75 Å². The van der Waals surface area contributed by atoms with Crippen molar-refractivity contribution in [1.29, 1.82) is 0 Å². The number of amides is 1. The molecular weight excluding hydrogens is 444 g/mol. The van der Waals surface area contributed by atoms with Gasteiger partial charge in [0.1, 0.15) is 17.4 Å². The van der Waals surface area contributed by atoms with E-state index in [0.717, 1.165) is 0 Å². The molecular formula is C23H20N4O5S. The minimum atomic E-state index is -0.701. The maximum Gasteiger partial charge on any atom is 0.338 e. The van der Waals surface area contributed by atoms with Crippen molar-refractivity contribution in [3.8, 4) is 5.75 Å². The van der Waals surface area contributed by atoms with Gasteiger partial charge in [0.25, 0.3) is 11.5 Å². The van der Waals surface area contributed by atoms with Gasteiger partial charge >= 0.3 is 5.97 Å². The summed E-state index contributed by atoms with van der Waals surface area (Å²) >= 11 is 1.28. The number of benzene rings is 2. The fourth-order valence-corrected chi connectivity index (χ4v) is 3.71. The zero-order valence-electron chi connectivity index (χ0n) is 17.8. The van der Waals surface area contributed by atoms with Crippen LogP contribution in [-0.4, -0.2) is 32.6 Å². The zero-order valence-corrected chi connectivity index (χ0v) is 18.7. The van der Waals surface area contributed by atoms with Gasteiger partial charge in [0.2, 0.25) is 4.96 Å². The number of esters is 1. The second-order valence-corrected chi connectivity index (χ2v) is 8.28. The molecule has 168 valence electrons. The number of anilines is 1. The highest BCUT2D eigenvalue weighted by molar-refractivity contribution is 7.16. The zero-order chi connectivity index (χ0) is 23.4. The second kappa shape index (κ2) is 9.61. The second-order valence-electron chi connectivity index (χ2n) is 7.12. The van der Waals surface area contributed by atoms with Gasteiger partial charge in [0.15, 0.2) is 6.10 Å². The number of fused-ring (bicyclic) bond motifs is 1. The summed E-state index contributed by atoms with van der Waals surface area (Å²) in [5.41, 5.74) is 0.822. The molecule has 0 aliphatic heterocycles. The molecule has 0 aliphatic rings. The standard InChI is InChI=1S/C23H20N4O5S/c1-14(32-19-6-4-3-5-7-19)21(29)24-17-10-8-16(9-11-17)22(30)31-13-18-12-20(28)27-23(25-18)33-15(2)26-27/h3-12,14H,13H2,1-2H3,(H,24,29)/t14-/m0/s1. The SMILES string of the molecule is Cc1nn2c(=O)cc(COC(=O)c3ccc(NC(=O)[C@H](C)Oc4ccccc4)cc3)nc2s1. The number of rotatable bonds is 7. The van der Waals surface area contributed by atoms with Crippen molar-refractivity contribution in [2.24, 2.45) is 0 Å². The highest BCUT2D eigenvalue weighted by atomic mass is 32.1. The summed E-state index contributed by atoms with van der Waals surface area (Å²) in [6.07, 6.45) is -0.701. The fraction of sp³-hybridized carbons (Fsp3) is 0.174. The van der Waals surface area contributed by atoms with Crippen molar-refractivity contribution in [1.82, 2.24) is 14.6 Å². The lowest BCUT2D eigenvalue weighted by molar-refractivity contribution is -0.122. The average molecular weight is 465 g/mol. The van der Waals surface area contributed by atoms with E-state index in [2.05, 4.69) is 15.4 Å². The minimum Gasteiger partial charge on any atom is -0.481 e. The molecule has 10 heteroatoms. The number of carbonyl (C=O) groups excluding carboxylic acids is 2. The van der Waals surface area contributed by atoms with E-state index >= 15 is 0 Å². The normalized spacial score (nSPS) is 11.7. The van der Waals surface area contributed by atoms with Crippen molar-refractivity contribution >= 4 is 33.9 Å². The van der Waals surface area contributed by atoms with Gasteiger partial charge in [-0.2, -0.15) is 9.61 Å². The van der Waals surface area contributed by atoms with Gasteiger partial charge in [-0.05, 0) is 50.2 Å². The summed E-state index contributed by atoms with van der Waals surface area (Å²) in [4.78, 5) is 41.5. The molecule has 2 aromatic carbocycles. The number of hydrogen-bond acceptors (Lipinski definition) is 8. The summed E-state index contributed by atoms with van der Waals surface area (Å²) in [5.74, 6) is -0.295. The Hall–Kier alpha value is -4.05. The number of nitrogens with zero attached hydrogens (tertiary/aromatic N) is 3. The first-order valence-corrected chi connectivity index (χ1v) is 10.9. The average Bonchev–Trinajstić information content (AvgIpc) is 3.19. The molecule has 4 rings (SSSR count). The van der Waals surface area contributed by atoms with Crippen LogP contribution < -0.4 is 15.6 Å². The van der Waals surface area contributed by atoms with Crippen LogP contribution in [0, 0.1) is 6.92 Å². The molecule has 0 aliphatic carbocycles. The Balaban J connectivity index is 1.33. The monoisotopic (exact) mass is 464 g/mol. The summed E-state index contributed by atoms with van der Waals surface area (Å²) in [7, 11) is 0. The van der Waals surface area contributed by atoms with Crippen molar-refractivity contribution < 1.29 is 19.1 Å². The number of aryl methyl sites for hydroxylation is 1. The van der Waals surface area contributed by atoms with Gasteiger partial charge in [-0.25, -0.2) is 9.78 Å². The molecule has 0 radical (unpaired) electrons. The predicted octanol–water partition coefficient (Wildman–Crippen LogP) is 3.22. The van der Waals surface area contributed by atoms with E-state index in [4.69, 9.17) is 9.47 Å². The number of carbonyl (C=O) groups is 2. The smallest absolute Gasteiger partial charge is 0.338 e. The molecule has 4 aromatic rings. The quantitative estimate of drug-likeness (QED) is 0.418. The van der Waals surface area contributed by atoms with Gasteiger partial charge in [-0.1, -0.05) is 29.5 Å². The Kier molecular flexibility index (Phi) is 6.45. The van der Waals surface area contributed by atoms with Crippen LogP contribution in [-0.2, 0) is 16.1 Å². The third-order valence-electron chi connectivity index (χ3n) is 4.56. The molecule has 0 unspecified atom stereocenters. The van der Waals surface area contributed by atoms with Gasteiger partial charge in [0.05, 0.1) is 11.3 Å². The van der Waals surface area contributed by atoms with Crippen molar-refractivity contribution in [3.63, 3.8) is 0 Å². The highest BCUT2D eigenvalue weighted by Gasteiger charge is 2.16. The number of para-hydroxylation sites is 1. The lowest BCUT2D eigenvalue weighted by Gasteiger charge is -2.14. The van der Waals surface area contributed by atoms with E-state index in [-0.39, 0.29) is 18.1 Å². The number of hydrogen-bond donors (Lipinski definition) is 1. The predicted molar refractivity (Wildman–Crippen MR) is 123 cm³/mol. The van der Waals surface area contributed by atoms with Gasteiger partial charge in [-0.15, -0.1) is 0 Å². The Bertz CT molecular complexity index is 1350. The van der Waals surface area contributed by atoms with Crippen molar-refractivity contribution in [3.05, 3.63) is 87.3 Å². The molecule has 0 fully saturated rings. The van der Waals surface area contributed by atoms with E-state index in [9.17, 15) is 14.4 Å². The molecule has 2 aromatic heterocycles. The summed E-state index contributed by atoms with van der Waals surface area (Å²) in [5, 5.41) is 7.52. The molecule has 0 saturated heterocycles. The van der Waals surface area contributed by atoms with E-state index in [1.165, 1.54) is 21.9 Å². The summed E-state index contributed by atoms with van der Waals surface area (Å²) in [6.45, 7) is 3.29. The molecule has 0 saturated carbocycles. The first-order chi connectivity index (χ1) is 15.9. The first-order valence-electron chi connectivity index (χ1n) is 10.1. The molecule has 9 nitrogen and oxygen atoms in total. The molecule has 33 heavy (non-hydrogen) atoms. The fourth-order valence-electron chi connectivity index (χ4n) is 2.94. The van der Waals surface area contributed by atoms with Crippen LogP contribution >= 0.6 is 11.3 Å². The topological polar surface area (TPSA) is 112 Å². The largest absolute Gasteiger partial charge is 0.481 e. The minimum absolute atomic E-state index is 0.144. The van der Waals surface area contributed by atoms with Crippen LogP contribution in [0.15, 0.2) is 65.5 Å². The maximum atomic E-state index is 12.4. The van der Waals surface area contributed by atoms with Gasteiger partial charge in [0, 0.05) is 11.8 Å². The molecule has 0 spiro atoms. The third kappa shape index (κ3) is 5.42. The van der Waals surface area contributed by atoms with Crippen LogP contribution in [0.25, 0.3) is 4.96 Å². The van der Waals surface area contributed by atoms with Crippen LogP contribution in [0.4, 0.5) is 5.69 Å². The molecule has 0 bridgehead atoms. The van der Waals surface area contributed by atoms with Crippen LogP contribution in [0.3, 0.4) is 0 Å². The third-order valence-corrected chi connectivity index (χ3v) is 5.39. The maximum absolute atomic E-state index is 12.4. The Morgan fingerprint density at radius 2 is 1.85 bits per heavy atom.